The van der Waals surface area contributed by atoms with Crippen molar-refractivity contribution in [3.05, 3.63) is 53.6 Å². The number of carbonyl (C=O) groups is 2. The summed E-state index contributed by atoms with van der Waals surface area (Å²) in [7, 11) is 1.46. The van der Waals surface area contributed by atoms with Gasteiger partial charge in [0.25, 0.3) is 5.91 Å². The maximum absolute atomic E-state index is 12.7. The summed E-state index contributed by atoms with van der Waals surface area (Å²) in [5.74, 6) is -0.0157. The molecule has 0 heterocycles. The zero-order valence-electron chi connectivity index (χ0n) is 16.8. The topological polar surface area (TPSA) is 88.9 Å². The fourth-order valence-electron chi connectivity index (χ4n) is 2.71. The van der Waals surface area contributed by atoms with Gasteiger partial charge in [0.1, 0.15) is 17.1 Å². The Kier molecular flexibility index (Phi) is 8.04. The Balaban J connectivity index is 2.11. The van der Waals surface area contributed by atoms with E-state index in [2.05, 4.69) is 0 Å². The largest absolute Gasteiger partial charge is 0.496 e. The monoisotopic (exact) mass is 396 g/mol. The Morgan fingerprint density at radius 1 is 1.14 bits per heavy atom. The van der Waals surface area contributed by atoms with Gasteiger partial charge >= 0.3 is 5.97 Å². The first-order chi connectivity index (χ1) is 14.0. The lowest BCUT2D eigenvalue weighted by Gasteiger charge is -2.22. The van der Waals surface area contributed by atoms with Crippen molar-refractivity contribution in [2.24, 2.45) is 0 Å². The quantitative estimate of drug-likeness (QED) is 0.603. The second-order valence-electron chi connectivity index (χ2n) is 6.16. The van der Waals surface area contributed by atoms with Gasteiger partial charge in [-0.3, -0.25) is 4.79 Å². The molecule has 7 nitrogen and oxygen atoms in total. The van der Waals surface area contributed by atoms with Crippen molar-refractivity contribution in [2.45, 2.75) is 20.3 Å². The number of methoxy groups -OCH3 is 1. The highest BCUT2D eigenvalue weighted by atomic mass is 16.5. The van der Waals surface area contributed by atoms with Gasteiger partial charge in [0.2, 0.25) is 0 Å². The smallest absolute Gasteiger partial charge is 0.342 e. The maximum atomic E-state index is 12.7. The standard InChI is InChI=1S/C22H24N2O5/c1-4-28-18-9-7-17(8-10-18)24(13-5-12-23)21(25)15-29-22(26)19-14-16(2)6-11-20(19)27-3/h6-11,14H,4-5,13,15H2,1-3H3. The number of rotatable bonds is 9. The summed E-state index contributed by atoms with van der Waals surface area (Å²) in [6.45, 7) is 4.00. The van der Waals surface area contributed by atoms with Gasteiger partial charge in [0.15, 0.2) is 6.61 Å². The zero-order chi connectivity index (χ0) is 21.2. The lowest BCUT2D eigenvalue weighted by molar-refractivity contribution is -0.121. The number of anilines is 1. The summed E-state index contributed by atoms with van der Waals surface area (Å²) in [5, 5.41) is 8.90. The molecule has 1 amide bonds. The number of amides is 1. The van der Waals surface area contributed by atoms with E-state index in [4.69, 9.17) is 19.5 Å². The summed E-state index contributed by atoms with van der Waals surface area (Å²) in [4.78, 5) is 26.5. The Bertz CT molecular complexity index is 887. The Labute approximate surface area is 170 Å². The van der Waals surface area contributed by atoms with E-state index in [0.29, 0.717) is 23.8 Å². The predicted molar refractivity (Wildman–Crippen MR) is 108 cm³/mol. The molecule has 0 aliphatic heterocycles. The molecule has 0 aliphatic carbocycles. The fraction of sp³-hybridized carbons (Fsp3) is 0.318. The van der Waals surface area contributed by atoms with Crippen LogP contribution >= 0.6 is 0 Å². The van der Waals surface area contributed by atoms with Crippen LogP contribution in [0.15, 0.2) is 42.5 Å². The van der Waals surface area contributed by atoms with Gasteiger partial charge in [0.05, 0.1) is 26.2 Å². The molecule has 0 radical (unpaired) electrons. The summed E-state index contributed by atoms with van der Waals surface area (Å²) < 4.78 is 15.8. The molecule has 0 bridgehead atoms. The molecule has 0 aliphatic rings. The number of hydrogen-bond acceptors (Lipinski definition) is 6. The normalized spacial score (nSPS) is 10.0. The first-order valence-electron chi connectivity index (χ1n) is 9.22. The van der Waals surface area contributed by atoms with Crippen LogP contribution in [-0.2, 0) is 9.53 Å². The van der Waals surface area contributed by atoms with Crippen LogP contribution in [0.5, 0.6) is 11.5 Å². The van der Waals surface area contributed by atoms with Crippen molar-refractivity contribution < 1.29 is 23.8 Å². The average Bonchev–Trinajstić information content (AvgIpc) is 2.73. The first-order valence-corrected chi connectivity index (χ1v) is 9.22. The van der Waals surface area contributed by atoms with E-state index in [-0.39, 0.29) is 18.5 Å². The highest BCUT2D eigenvalue weighted by Crippen LogP contribution is 2.22. The number of nitrogens with zero attached hydrogens (tertiary/aromatic N) is 2. The molecule has 7 heteroatoms. The van der Waals surface area contributed by atoms with Crippen molar-refractivity contribution in [2.75, 3.05) is 31.8 Å². The fourth-order valence-corrected chi connectivity index (χ4v) is 2.71. The third-order valence-corrected chi connectivity index (χ3v) is 4.11. The van der Waals surface area contributed by atoms with Gasteiger partial charge in [-0.25, -0.2) is 4.79 Å². The molecule has 2 aromatic carbocycles. The Hall–Kier alpha value is -3.53. The lowest BCUT2D eigenvalue weighted by Crippen LogP contribution is -2.35. The third kappa shape index (κ3) is 5.98. The van der Waals surface area contributed by atoms with Gasteiger partial charge in [-0.1, -0.05) is 11.6 Å². The highest BCUT2D eigenvalue weighted by Gasteiger charge is 2.20. The predicted octanol–water partition coefficient (Wildman–Crippen LogP) is 3.51. The van der Waals surface area contributed by atoms with Gasteiger partial charge in [0, 0.05) is 12.2 Å². The molecule has 0 saturated carbocycles. The molecular weight excluding hydrogens is 372 g/mol. The van der Waals surface area contributed by atoms with E-state index in [1.54, 1.807) is 36.4 Å². The number of benzene rings is 2. The SMILES string of the molecule is CCOc1ccc(N(CCC#N)C(=O)COC(=O)c2cc(C)ccc2OC)cc1. The molecule has 0 fully saturated rings. The van der Waals surface area contributed by atoms with Gasteiger partial charge in [-0.15, -0.1) is 0 Å². The van der Waals surface area contributed by atoms with Crippen LogP contribution < -0.4 is 14.4 Å². The van der Waals surface area contributed by atoms with E-state index in [9.17, 15) is 9.59 Å². The Morgan fingerprint density at radius 2 is 1.86 bits per heavy atom. The van der Waals surface area contributed by atoms with Gasteiger partial charge in [-0.05, 0) is 50.2 Å². The first kappa shape index (κ1) is 21.8. The summed E-state index contributed by atoms with van der Waals surface area (Å²) in [5.41, 5.74) is 1.72. The van der Waals surface area contributed by atoms with E-state index in [1.165, 1.54) is 12.0 Å². The second kappa shape index (κ2) is 10.7. The molecule has 29 heavy (non-hydrogen) atoms. The number of aryl methyl sites for hydroxylation is 1. The number of hydrogen-bond donors (Lipinski definition) is 0. The van der Waals surface area contributed by atoms with Crippen LogP contribution in [0.25, 0.3) is 0 Å². The lowest BCUT2D eigenvalue weighted by atomic mass is 10.1. The van der Waals surface area contributed by atoms with Crippen LogP contribution in [0.2, 0.25) is 0 Å². The van der Waals surface area contributed by atoms with Crippen LogP contribution in [0.1, 0.15) is 29.3 Å². The van der Waals surface area contributed by atoms with E-state index >= 15 is 0 Å². The molecule has 0 N–H and O–H groups in total. The van der Waals surface area contributed by atoms with Crippen molar-refractivity contribution in [1.29, 1.82) is 5.26 Å². The van der Waals surface area contributed by atoms with Gasteiger partial charge in [-0.2, -0.15) is 5.26 Å². The molecular formula is C22H24N2O5. The minimum absolute atomic E-state index is 0.151. The number of esters is 1. The number of nitriles is 1. The zero-order valence-corrected chi connectivity index (χ0v) is 16.8. The molecule has 0 aromatic heterocycles. The Morgan fingerprint density at radius 3 is 2.48 bits per heavy atom. The van der Waals surface area contributed by atoms with Crippen molar-refractivity contribution in [3.63, 3.8) is 0 Å². The molecule has 0 spiro atoms. The summed E-state index contributed by atoms with van der Waals surface area (Å²) in [6, 6.07) is 14.1. The number of carbonyl (C=O) groups excluding carboxylic acids is 2. The molecule has 0 saturated heterocycles. The van der Waals surface area contributed by atoms with Crippen LogP contribution in [0.3, 0.4) is 0 Å². The maximum Gasteiger partial charge on any atom is 0.342 e. The molecule has 0 unspecified atom stereocenters. The van der Waals surface area contributed by atoms with Crippen molar-refractivity contribution >= 4 is 17.6 Å². The van der Waals surface area contributed by atoms with E-state index < -0.39 is 18.5 Å². The molecule has 152 valence electrons. The van der Waals surface area contributed by atoms with Gasteiger partial charge < -0.3 is 19.1 Å². The second-order valence-corrected chi connectivity index (χ2v) is 6.16. The highest BCUT2D eigenvalue weighted by molar-refractivity contribution is 5.98. The van der Waals surface area contributed by atoms with Crippen LogP contribution in [-0.4, -0.2) is 38.7 Å². The minimum atomic E-state index is -0.647. The third-order valence-electron chi connectivity index (χ3n) is 4.11. The molecule has 0 atom stereocenters. The average molecular weight is 396 g/mol. The van der Waals surface area contributed by atoms with Crippen LogP contribution in [0, 0.1) is 18.3 Å². The molecule has 2 rings (SSSR count). The van der Waals surface area contributed by atoms with E-state index in [0.717, 1.165) is 5.56 Å². The number of ether oxygens (including phenoxy) is 3. The van der Waals surface area contributed by atoms with Crippen LogP contribution in [0.4, 0.5) is 5.69 Å². The van der Waals surface area contributed by atoms with E-state index in [1.807, 2.05) is 26.0 Å². The molecule has 2 aromatic rings. The summed E-state index contributed by atoms with van der Waals surface area (Å²) >= 11 is 0. The van der Waals surface area contributed by atoms with Crippen molar-refractivity contribution in [1.82, 2.24) is 0 Å². The van der Waals surface area contributed by atoms with Crippen molar-refractivity contribution in [3.8, 4) is 17.6 Å². The minimum Gasteiger partial charge on any atom is -0.496 e. The summed E-state index contributed by atoms with van der Waals surface area (Å²) in [6.07, 6.45) is 0.151.